The second-order valence-electron chi connectivity index (χ2n) is 12.9. The van der Waals surface area contributed by atoms with Gasteiger partial charge in [-0.15, -0.1) is 0 Å². The molecule has 45 heavy (non-hydrogen) atoms. The molecule has 0 bridgehead atoms. The molecule has 8 aromatic rings. The zero-order valence-corrected chi connectivity index (χ0v) is 25.5. The molecule has 9 rings (SSSR count). The minimum atomic E-state index is -0.0506. The predicted molar refractivity (Wildman–Crippen MR) is 193 cm³/mol. The molecular weight excluding hydrogens is 540 g/mol. The van der Waals surface area contributed by atoms with Gasteiger partial charge in [0.1, 0.15) is 0 Å². The number of hydrogen-bond acceptors (Lipinski definition) is 0. The number of fused-ring (bicyclic) bond motifs is 7. The summed E-state index contributed by atoms with van der Waals surface area (Å²) < 4.78 is 0. The van der Waals surface area contributed by atoms with E-state index in [1.807, 2.05) is 0 Å². The van der Waals surface area contributed by atoms with Gasteiger partial charge < -0.3 is 0 Å². The summed E-state index contributed by atoms with van der Waals surface area (Å²) in [6, 6.07) is 58.3. The first-order valence-electron chi connectivity index (χ1n) is 15.9. The summed E-state index contributed by atoms with van der Waals surface area (Å²) >= 11 is 0. The van der Waals surface area contributed by atoms with Crippen molar-refractivity contribution >= 4 is 32.3 Å². The maximum atomic E-state index is 2.47. The second kappa shape index (κ2) is 9.78. The van der Waals surface area contributed by atoms with Crippen molar-refractivity contribution in [2.45, 2.75) is 19.3 Å². The van der Waals surface area contributed by atoms with Crippen LogP contribution in [0.2, 0.25) is 0 Å². The number of hydrogen-bond donors (Lipinski definition) is 0. The molecule has 0 unspecified atom stereocenters. The molecule has 1 aliphatic rings. The Morgan fingerprint density at radius 3 is 1.51 bits per heavy atom. The molecule has 0 heterocycles. The van der Waals surface area contributed by atoms with Crippen LogP contribution in [-0.4, -0.2) is 0 Å². The van der Waals surface area contributed by atoms with Crippen molar-refractivity contribution in [2.75, 3.05) is 0 Å². The van der Waals surface area contributed by atoms with E-state index in [0.29, 0.717) is 0 Å². The summed E-state index contributed by atoms with van der Waals surface area (Å²) in [4.78, 5) is 0. The molecule has 0 spiro atoms. The average Bonchev–Trinajstić information content (AvgIpc) is 3.33. The summed E-state index contributed by atoms with van der Waals surface area (Å²) in [6.07, 6.45) is 0. The Labute approximate surface area is 264 Å². The minimum Gasteiger partial charge on any atom is -0.0622 e. The van der Waals surface area contributed by atoms with Gasteiger partial charge in [0.15, 0.2) is 0 Å². The first-order chi connectivity index (χ1) is 22.1. The molecule has 0 heteroatoms. The Bertz CT molecular complexity index is 2390. The van der Waals surface area contributed by atoms with E-state index in [-0.39, 0.29) is 5.41 Å². The lowest BCUT2D eigenvalue weighted by Gasteiger charge is -2.22. The average molecular weight is 573 g/mol. The van der Waals surface area contributed by atoms with E-state index in [9.17, 15) is 0 Å². The van der Waals surface area contributed by atoms with E-state index >= 15 is 0 Å². The van der Waals surface area contributed by atoms with Crippen LogP contribution >= 0.6 is 0 Å². The van der Waals surface area contributed by atoms with Gasteiger partial charge in [0, 0.05) is 5.41 Å². The molecule has 212 valence electrons. The molecule has 0 N–H and O–H groups in total. The van der Waals surface area contributed by atoms with Crippen molar-refractivity contribution in [1.29, 1.82) is 0 Å². The summed E-state index contributed by atoms with van der Waals surface area (Å²) in [7, 11) is 0. The Hall–Kier alpha value is -5.46. The van der Waals surface area contributed by atoms with Crippen LogP contribution in [0, 0.1) is 0 Å². The largest absolute Gasteiger partial charge is 0.0622 e. The first-order valence-corrected chi connectivity index (χ1v) is 15.9. The summed E-state index contributed by atoms with van der Waals surface area (Å²) in [5.41, 5.74) is 13.1. The highest BCUT2D eigenvalue weighted by molar-refractivity contribution is 6.21. The predicted octanol–water partition coefficient (Wildman–Crippen LogP) is 12.5. The summed E-state index contributed by atoms with van der Waals surface area (Å²) in [5, 5.41) is 7.76. The quantitative estimate of drug-likeness (QED) is 0.185. The van der Waals surface area contributed by atoms with Crippen molar-refractivity contribution in [3.05, 3.63) is 169 Å². The Morgan fingerprint density at radius 2 is 0.844 bits per heavy atom. The third-order valence-corrected chi connectivity index (χ3v) is 10.0. The van der Waals surface area contributed by atoms with Crippen molar-refractivity contribution in [3.63, 3.8) is 0 Å². The van der Waals surface area contributed by atoms with Gasteiger partial charge in [-0.05, 0) is 100 Å². The highest BCUT2D eigenvalue weighted by Crippen LogP contribution is 2.53. The molecule has 0 radical (unpaired) electrons. The number of benzene rings is 8. The second-order valence-corrected chi connectivity index (χ2v) is 12.9. The van der Waals surface area contributed by atoms with Gasteiger partial charge in [0.2, 0.25) is 0 Å². The zero-order valence-electron chi connectivity index (χ0n) is 25.5. The summed E-state index contributed by atoms with van der Waals surface area (Å²) in [5.74, 6) is 0. The minimum absolute atomic E-state index is 0.0506. The third-order valence-electron chi connectivity index (χ3n) is 10.0. The highest BCUT2D eigenvalue weighted by atomic mass is 14.4. The topological polar surface area (TPSA) is 0 Å². The lowest BCUT2D eigenvalue weighted by Crippen LogP contribution is -2.14. The van der Waals surface area contributed by atoms with Crippen LogP contribution in [0.5, 0.6) is 0 Å². The van der Waals surface area contributed by atoms with Gasteiger partial charge in [0.25, 0.3) is 0 Å². The maximum Gasteiger partial charge on any atom is 0.0159 e. The van der Waals surface area contributed by atoms with E-state index in [1.54, 1.807) is 0 Å². The summed E-state index contributed by atoms with van der Waals surface area (Å²) in [6.45, 7) is 4.74. The van der Waals surface area contributed by atoms with Crippen molar-refractivity contribution < 1.29 is 0 Å². The van der Waals surface area contributed by atoms with Crippen LogP contribution in [-0.2, 0) is 5.41 Å². The lowest BCUT2D eigenvalue weighted by atomic mass is 9.81. The van der Waals surface area contributed by atoms with Gasteiger partial charge >= 0.3 is 0 Å². The van der Waals surface area contributed by atoms with E-state index in [2.05, 4.69) is 172 Å². The molecule has 0 aromatic heterocycles. The molecule has 0 saturated heterocycles. The van der Waals surface area contributed by atoms with Gasteiger partial charge in [-0.3, -0.25) is 0 Å². The van der Waals surface area contributed by atoms with Crippen LogP contribution < -0.4 is 0 Å². The Kier molecular flexibility index (Phi) is 5.64. The molecule has 0 amide bonds. The SMILES string of the molecule is CC1(C)c2ccc(-c3c4ccccc4c(-c4cccc(-c5ccccc5)c4)c4ccccc34)cc2-c2c1ccc1ccccc21. The molecule has 8 aromatic carbocycles. The Balaban J connectivity index is 1.33. The standard InChI is InChI=1S/C45H32/c1-45(2)40-25-24-33(28-39(40)44-34-18-7-6-15-30(34)23-26-41(44)45)43-37-21-10-8-19-35(37)42(36-20-9-11-22-38(36)43)32-17-12-16-31(27-32)29-13-4-3-5-14-29/h3-28H,1-2H3. The van der Waals surface area contributed by atoms with Crippen LogP contribution in [0.1, 0.15) is 25.0 Å². The van der Waals surface area contributed by atoms with E-state index in [4.69, 9.17) is 0 Å². The van der Waals surface area contributed by atoms with Crippen LogP contribution in [0.4, 0.5) is 0 Å². The molecule has 0 saturated carbocycles. The smallest absolute Gasteiger partial charge is 0.0159 e. The van der Waals surface area contributed by atoms with Gasteiger partial charge in [-0.25, -0.2) is 0 Å². The van der Waals surface area contributed by atoms with Crippen LogP contribution in [0.15, 0.2) is 158 Å². The van der Waals surface area contributed by atoms with Gasteiger partial charge in [-0.2, -0.15) is 0 Å². The van der Waals surface area contributed by atoms with Crippen LogP contribution in [0.3, 0.4) is 0 Å². The molecular formula is C45H32. The number of rotatable bonds is 3. The normalized spacial score (nSPS) is 13.3. The maximum absolute atomic E-state index is 2.47. The van der Waals surface area contributed by atoms with Gasteiger partial charge in [0.05, 0.1) is 0 Å². The fourth-order valence-electron chi connectivity index (χ4n) is 7.91. The van der Waals surface area contributed by atoms with Gasteiger partial charge in [-0.1, -0.05) is 159 Å². The van der Waals surface area contributed by atoms with Crippen molar-refractivity contribution in [3.8, 4) is 44.5 Å². The van der Waals surface area contributed by atoms with Crippen molar-refractivity contribution in [1.82, 2.24) is 0 Å². The lowest BCUT2D eigenvalue weighted by molar-refractivity contribution is 0.661. The molecule has 0 fully saturated rings. The first kappa shape index (κ1) is 26.0. The highest BCUT2D eigenvalue weighted by Gasteiger charge is 2.36. The third kappa shape index (κ3) is 3.85. The fraction of sp³-hybridized carbons (Fsp3) is 0.0667. The van der Waals surface area contributed by atoms with Crippen LogP contribution in [0.25, 0.3) is 76.8 Å². The monoisotopic (exact) mass is 572 g/mol. The van der Waals surface area contributed by atoms with E-state index in [1.165, 1.54) is 88.0 Å². The zero-order chi connectivity index (χ0) is 30.1. The molecule has 0 nitrogen and oxygen atoms in total. The van der Waals surface area contributed by atoms with Crippen molar-refractivity contribution in [2.24, 2.45) is 0 Å². The molecule has 1 aliphatic carbocycles. The van der Waals surface area contributed by atoms with E-state index < -0.39 is 0 Å². The molecule has 0 aliphatic heterocycles. The van der Waals surface area contributed by atoms with E-state index in [0.717, 1.165) is 0 Å². The fourth-order valence-corrected chi connectivity index (χ4v) is 7.91. The molecule has 0 atom stereocenters. The Morgan fingerprint density at radius 1 is 0.333 bits per heavy atom.